The maximum Gasteiger partial charge on any atom is 0.225 e. The Balaban J connectivity index is 1.72. The van der Waals surface area contributed by atoms with Crippen molar-refractivity contribution in [3.8, 4) is 0 Å². The molecular formula is C12H18N2O3S2. The van der Waals surface area contributed by atoms with E-state index in [1.807, 2.05) is 17.5 Å². The molecule has 1 aliphatic heterocycles. The zero-order valence-electron chi connectivity index (χ0n) is 10.7. The Hall–Kier alpha value is -0.920. The minimum Gasteiger partial charge on any atom is -0.355 e. The molecule has 1 N–H and O–H groups in total. The lowest BCUT2D eigenvalue weighted by atomic mass is 10.3. The fourth-order valence-electron chi connectivity index (χ4n) is 2.05. The third kappa shape index (κ3) is 4.29. The number of nitrogens with zero attached hydrogens (tertiary/aromatic N) is 1. The molecule has 7 heteroatoms. The van der Waals surface area contributed by atoms with Crippen LogP contribution in [0.5, 0.6) is 0 Å². The second kappa shape index (κ2) is 6.49. The molecule has 19 heavy (non-hydrogen) atoms. The van der Waals surface area contributed by atoms with Crippen LogP contribution in [0.4, 0.5) is 0 Å². The van der Waals surface area contributed by atoms with E-state index in [9.17, 15) is 13.2 Å². The lowest BCUT2D eigenvalue weighted by molar-refractivity contribution is -0.120. The number of hydrogen-bond donors (Lipinski definition) is 1. The van der Waals surface area contributed by atoms with Gasteiger partial charge in [0.15, 0.2) is 0 Å². The van der Waals surface area contributed by atoms with Gasteiger partial charge in [0, 0.05) is 24.5 Å². The molecule has 1 aromatic heterocycles. The number of rotatable bonds is 6. The molecule has 1 aromatic rings. The molecule has 1 aliphatic rings. The van der Waals surface area contributed by atoms with Gasteiger partial charge >= 0.3 is 0 Å². The van der Waals surface area contributed by atoms with Gasteiger partial charge in [0.25, 0.3) is 0 Å². The highest BCUT2D eigenvalue weighted by atomic mass is 32.2. The molecule has 0 aromatic carbocycles. The Morgan fingerprint density at radius 1 is 1.37 bits per heavy atom. The van der Waals surface area contributed by atoms with Crippen molar-refractivity contribution in [1.82, 2.24) is 9.62 Å². The van der Waals surface area contributed by atoms with Crippen LogP contribution in [-0.4, -0.2) is 44.0 Å². The second-order valence-electron chi connectivity index (χ2n) is 4.53. The van der Waals surface area contributed by atoms with Crippen LogP contribution in [0.2, 0.25) is 0 Å². The minimum absolute atomic E-state index is 0.0107. The molecular weight excluding hydrogens is 284 g/mol. The van der Waals surface area contributed by atoms with E-state index in [1.165, 1.54) is 15.6 Å². The Kier molecular flexibility index (Phi) is 4.95. The Morgan fingerprint density at radius 2 is 2.11 bits per heavy atom. The van der Waals surface area contributed by atoms with E-state index < -0.39 is 10.0 Å². The Labute approximate surface area is 117 Å². The first-order chi connectivity index (χ1) is 9.08. The van der Waals surface area contributed by atoms with Gasteiger partial charge in [-0.25, -0.2) is 12.7 Å². The van der Waals surface area contributed by atoms with Crippen molar-refractivity contribution in [3.63, 3.8) is 0 Å². The van der Waals surface area contributed by atoms with Crippen LogP contribution in [0.3, 0.4) is 0 Å². The average Bonchev–Trinajstić information content (AvgIpc) is 3.00. The van der Waals surface area contributed by atoms with Crippen molar-refractivity contribution in [3.05, 3.63) is 22.4 Å². The number of nitrogens with one attached hydrogen (secondary N) is 1. The molecule has 106 valence electrons. The fourth-order valence-corrected chi connectivity index (χ4v) is 4.18. The van der Waals surface area contributed by atoms with E-state index in [2.05, 4.69) is 5.32 Å². The van der Waals surface area contributed by atoms with Gasteiger partial charge in [-0.2, -0.15) is 0 Å². The van der Waals surface area contributed by atoms with E-state index >= 15 is 0 Å². The van der Waals surface area contributed by atoms with E-state index in [4.69, 9.17) is 0 Å². The van der Waals surface area contributed by atoms with Gasteiger partial charge in [-0.15, -0.1) is 11.3 Å². The summed E-state index contributed by atoms with van der Waals surface area (Å²) in [6.07, 6.45) is 2.19. The molecule has 0 aliphatic carbocycles. The van der Waals surface area contributed by atoms with E-state index in [-0.39, 0.29) is 18.2 Å². The van der Waals surface area contributed by atoms with Crippen LogP contribution in [0, 0.1) is 0 Å². The fraction of sp³-hybridized carbons (Fsp3) is 0.583. The molecule has 5 nitrogen and oxygen atoms in total. The number of thiophene rings is 1. The topological polar surface area (TPSA) is 66.5 Å². The third-order valence-corrected chi connectivity index (χ3v) is 5.80. The summed E-state index contributed by atoms with van der Waals surface area (Å²) in [6.45, 7) is 1.42. The second-order valence-corrected chi connectivity index (χ2v) is 7.65. The van der Waals surface area contributed by atoms with Gasteiger partial charge in [-0.05, 0) is 24.3 Å². The molecule has 1 amide bonds. The van der Waals surface area contributed by atoms with Crippen LogP contribution >= 0.6 is 11.3 Å². The van der Waals surface area contributed by atoms with Gasteiger partial charge in [0.1, 0.15) is 0 Å². The summed E-state index contributed by atoms with van der Waals surface area (Å²) in [7, 11) is -3.20. The van der Waals surface area contributed by atoms with Gasteiger partial charge in [0.05, 0.1) is 12.2 Å². The van der Waals surface area contributed by atoms with Crippen molar-refractivity contribution >= 4 is 27.3 Å². The van der Waals surface area contributed by atoms with Crippen molar-refractivity contribution in [1.29, 1.82) is 0 Å². The molecule has 0 saturated carbocycles. The van der Waals surface area contributed by atoms with E-state index in [0.29, 0.717) is 19.5 Å². The lowest BCUT2D eigenvalue weighted by Crippen LogP contribution is -2.36. The average molecular weight is 302 g/mol. The van der Waals surface area contributed by atoms with Crippen LogP contribution in [0.25, 0.3) is 0 Å². The molecule has 1 saturated heterocycles. The van der Waals surface area contributed by atoms with Crippen LogP contribution < -0.4 is 5.32 Å². The SMILES string of the molecule is O=C(Cc1cccs1)NCCS(=O)(=O)N1CCCC1. The predicted octanol–water partition coefficient (Wildman–Crippen LogP) is 0.832. The van der Waals surface area contributed by atoms with Crippen molar-refractivity contribution < 1.29 is 13.2 Å². The first kappa shape index (κ1) is 14.5. The van der Waals surface area contributed by atoms with Crippen molar-refractivity contribution in [2.75, 3.05) is 25.4 Å². The van der Waals surface area contributed by atoms with Gasteiger partial charge < -0.3 is 5.32 Å². The normalized spacial score (nSPS) is 16.6. The maximum atomic E-state index is 11.9. The van der Waals surface area contributed by atoms with E-state index in [1.54, 1.807) is 0 Å². The zero-order chi connectivity index (χ0) is 13.7. The number of sulfonamides is 1. The predicted molar refractivity (Wildman–Crippen MR) is 75.6 cm³/mol. The third-order valence-electron chi connectivity index (χ3n) is 3.06. The molecule has 0 bridgehead atoms. The number of carbonyl (C=O) groups is 1. The Morgan fingerprint density at radius 3 is 2.74 bits per heavy atom. The summed E-state index contributed by atoms with van der Waals surface area (Å²) in [4.78, 5) is 12.6. The monoisotopic (exact) mass is 302 g/mol. The quantitative estimate of drug-likeness (QED) is 0.846. The first-order valence-corrected chi connectivity index (χ1v) is 8.84. The van der Waals surface area contributed by atoms with Crippen LogP contribution in [-0.2, 0) is 21.2 Å². The largest absolute Gasteiger partial charge is 0.355 e. The first-order valence-electron chi connectivity index (χ1n) is 6.35. The highest BCUT2D eigenvalue weighted by molar-refractivity contribution is 7.89. The van der Waals surface area contributed by atoms with Gasteiger partial charge in [-0.3, -0.25) is 4.79 Å². The van der Waals surface area contributed by atoms with Crippen LogP contribution in [0.1, 0.15) is 17.7 Å². The molecule has 0 unspecified atom stereocenters. The maximum absolute atomic E-state index is 11.9. The summed E-state index contributed by atoms with van der Waals surface area (Å²) in [5, 5.41) is 4.58. The Bertz CT molecular complexity index is 505. The summed E-state index contributed by atoms with van der Waals surface area (Å²) >= 11 is 1.52. The number of amides is 1. The van der Waals surface area contributed by atoms with Gasteiger partial charge in [-0.1, -0.05) is 6.07 Å². The number of carbonyl (C=O) groups excluding carboxylic acids is 1. The highest BCUT2D eigenvalue weighted by Gasteiger charge is 2.24. The lowest BCUT2D eigenvalue weighted by Gasteiger charge is -2.15. The molecule has 2 heterocycles. The van der Waals surface area contributed by atoms with E-state index in [0.717, 1.165) is 17.7 Å². The van der Waals surface area contributed by atoms with Crippen molar-refractivity contribution in [2.45, 2.75) is 19.3 Å². The minimum atomic E-state index is -3.20. The molecule has 0 spiro atoms. The van der Waals surface area contributed by atoms with Crippen molar-refractivity contribution in [2.24, 2.45) is 0 Å². The smallest absolute Gasteiger partial charge is 0.225 e. The molecule has 0 atom stereocenters. The highest BCUT2D eigenvalue weighted by Crippen LogP contribution is 2.12. The molecule has 1 fully saturated rings. The summed E-state index contributed by atoms with van der Waals surface area (Å²) in [5.74, 6) is -0.137. The summed E-state index contributed by atoms with van der Waals surface area (Å²) in [6, 6.07) is 3.79. The summed E-state index contributed by atoms with van der Waals surface area (Å²) < 4.78 is 25.3. The molecule has 2 rings (SSSR count). The van der Waals surface area contributed by atoms with Crippen LogP contribution in [0.15, 0.2) is 17.5 Å². The number of hydrogen-bond acceptors (Lipinski definition) is 4. The standard InChI is InChI=1S/C12H18N2O3S2/c15-12(10-11-4-3-8-18-11)13-5-9-19(16,17)14-6-1-2-7-14/h3-4,8H,1-2,5-7,9-10H2,(H,13,15). The zero-order valence-corrected chi connectivity index (χ0v) is 12.3. The molecule has 0 radical (unpaired) electrons. The summed E-state index contributed by atoms with van der Waals surface area (Å²) in [5.41, 5.74) is 0. The van der Waals surface area contributed by atoms with Gasteiger partial charge in [0.2, 0.25) is 15.9 Å².